The number of aliphatic carboxylic acids is 1. The Kier molecular flexibility index (Phi) is 4.65. The van der Waals surface area contributed by atoms with Crippen molar-refractivity contribution in [2.24, 2.45) is 5.92 Å². The SMILES string of the molecule is CC1(C)OC(=O)C=C(/C=C/[C@@H](Cc2ccccc2)C(=O)O)O1. The third-order valence-corrected chi connectivity index (χ3v) is 3.08. The van der Waals surface area contributed by atoms with Gasteiger partial charge >= 0.3 is 11.9 Å². The minimum atomic E-state index is -1.05. The van der Waals surface area contributed by atoms with E-state index in [1.807, 2.05) is 30.3 Å². The van der Waals surface area contributed by atoms with Gasteiger partial charge in [-0.3, -0.25) is 4.79 Å². The standard InChI is InChI=1S/C17H18O5/c1-17(2)21-14(11-15(18)22-17)9-8-13(16(19)20)10-12-6-4-3-5-7-12/h3-9,11,13H,10H2,1-2H3,(H,19,20)/b9-8+/t13-/m0/s1. The number of carbonyl (C=O) groups is 2. The summed E-state index contributed by atoms with van der Waals surface area (Å²) in [5.74, 6) is -2.90. The monoisotopic (exact) mass is 302 g/mol. The summed E-state index contributed by atoms with van der Waals surface area (Å²) in [4.78, 5) is 22.8. The second kappa shape index (κ2) is 6.47. The molecule has 1 aliphatic heterocycles. The van der Waals surface area contributed by atoms with Crippen molar-refractivity contribution in [2.75, 3.05) is 0 Å². The number of esters is 1. The second-order valence-corrected chi connectivity index (χ2v) is 5.46. The first-order valence-corrected chi connectivity index (χ1v) is 6.94. The Balaban J connectivity index is 2.11. The Hall–Kier alpha value is -2.56. The molecule has 1 aromatic rings. The molecule has 1 atom stereocenters. The van der Waals surface area contributed by atoms with E-state index in [1.165, 1.54) is 18.2 Å². The van der Waals surface area contributed by atoms with Crippen molar-refractivity contribution >= 4 is 11.9 Å². The summed E-state index contributed by atoms with van der Waals surface area (Å²) in [5, 5.41) is 9.32. The number of carbonyl (C=O) groups excluding carboxylic acids is 1. The van der Waals surface area contributed by atoms with Gasteiger partial charge in [0.2, 0.25) is 5.79 Å². The van der Waals surface area contributed by atoms with E-state index in [0.29, 0.717) is 12.2 Å². The third kappa shape index (κ3) is 4.48. The zero-order valence-electron chi connectivity index (χ0n) is 12.5. The quantitative estimate of drug-likeness (QED) is 0.847. The van der Waals surface area contributed by atoms with Crippen LogP contribution < -0.4 is 0 Å². The second-order valence-electron chi connectivity index (χ2n) is 5.46. The van der Waals surface area contributed by atoms with E-state index in [2.05, 4.69) is 0 Å². The Morgan fingerprint density at radius 1 is 1.27 bits per heavy atom. The lowest BCUT2D eigenvalue weighted by Gasteiger charge is -2.29. The predicted octanol–water partition coefficient (Wildman–Crippen LogP) is 2.68. The van der Waals surface area contributed by atoms with E-state index in [4.69, 9.17) is 9.47 Å². The zero-order valence-corrected chi connectivity index (χ0v) is 12.5. The van der Waals surface area contributed by atoms with Crippen LogP contribution in [0.2, 0.25) is 0 Å². The summed E-state index contributed by atoms with van der Waals surface area (Å²) in [7, 11) is 0. The zero-order chi connectivity index (χ0) is 16.2. The van der Waals surface area contributed by atoms with Gasteiger partial charge in [0.25, 0.3) is 0 Å². The Bertz CT molecular complexity index is 613. The van der Waals surface area contributed by atoms with Crippen LogP contribution in [0, 0.1) is 5.92 Å². The van der Waals surface area contributed by atoms with Crippen LogP contribution in [0.15, 0.2) is 54.3 Å². The lowest BCUT2D eigenvalue weighted by molar-refractivity contribution is -0.203. The average molecular weight is 302 g/mol. The van der Waals surface area contributed by atoms with Gasteiger partial charge in [0, 0.05) is 13.8 Å². The number of hydrogen-bond acceptors (Lipinski definition) is 4. The van der Waals surface area contributed by atoms with Gasteiger partial charge in [-0.1, -0.05) is 36.4 Å². The highest BCUT2D eigenvalue weighted by Crippen LogP contribution is 2.23. The van der Waals surface area contributed by atoms with Crippen molar-refractivity contribution < 1.29 is 24.2 Å². The van der Waals surface area contributed by atoms with Gasteiger partial charge in [-0.25, -0.2) is 4.79 Å². The molecule has 0 aromatic heterocycles. The summed E-state index contributed by atoms with van der Waals surface area (Å²) in [6.45, 7) is 3.23. The molecule has 0 unspecified atom stereocenters. The first-order chi connectivity index (χ1) is 10.4. The van der Waals surface area contributed by atoms with E-state index in [0.717, 1.165) is 5.56 Å². The maximum absolute atomic E-state index is 11.4. The molecule has 1 aromatic carbocycles. The topological polar surface area (TPSA) is 72.8 Å². The maximum Gasteiger partial charge on any atom is 0.337 e. The number of rotatable bonds is 5. The molecular weight excluding hydrogens is 284 g/mol. The number of allylic oxidation sites excluding steroid dienone is 1. The van der Waals surface area contributed by atoms with Crippen LogP contribution in [0.1, 0.15) is 19.4 Å². The largest absolute Gasteiger partial charge is 0.481 e. The summed E-state index contributed by atoms with van der Waals surface area (Å²) in [5.41, 5.74) is 0.929. The molecule has 22 heavy (non-hydrogen) atoms. The number of carboxylic acid groups (broad SMARTS) is 1. The molecule has 0 aliphatic carbocycles. The van der Waals surface area contributed by atoms with E-state index in [1.54, 1.807) is 13.8 Å². The summed E-state index contributed by atoms with van der Waals surface area (Å²) in [6, 6.07) is 9.36. The summed E-state index contributed by atoms with van der Waals surface area (Å²) >= 11 is 0. The van der Waals surface area contributed by atoms with E-state index < -0.39 is 23.6 Å². The van der Waals surface area contributed by atoms with E-state index in [-0.39, 0.29) is 0 Å². The molecule has 0 radical (unpaired) electrons. The van der Waals surface area contributed by atoms with Crippen molar-refractivity contribution in [2.45, 2.75) is 26.1 Å². The van der Waals surface area contributed by atoms with Crippen molar-refractivity contribution in [3.63, 3.8) is 0 Å². The van der Waals surface area contributed by atoms with Crippen LogP contribution in [0.3, 0.4) is 0 Å². The molecule has 1 aliphatic rings. The predicted molar refractivity (Wildman–Crippen MR) is 79.8 cm³/mol. The Labute approximate surface area is 128 Å². The van der Waals surface area contributed by atoms with Crippen molar-refractivity contribution in [1.82, 2.24) is 0 Å². The van der Waals surface area contributed by atoms with Gasteiger partial charge in [-0.15, -0.1) is 0 Å². The molecule has 2 rings (SSSR count). The molecule has 116 valence electrons. The van der Waals surface area contributed by atoms with Crippen LogP contribution in [-0.2, 0) is 25.5 Å². The fraction of sp³-hybridized carbons (Fsp3) is 0.294. The van der Waals surface area contributed by atoms with Crippen LogP contribution in [-0.4, -0.2) is 22.8 Å². The normalized spacial score (nSPS) is 18.3. The lowest BCUT2D eigenvalue weighted by Crippen LogP contribution is -2.34. The van der Waals surface area contributed by atoms with E-state index >= 15 is 0 Å². The fourth-order valence-corrected chi connectivity index (χ4v) is 2.12. The maximum atomic E-state index is 11.4. The van der Waals surface area contributed by atoms with Crippen molar-refractivity contribution in [3.8, 4) is 0 Å². The van der Waals surface area contributed by atoms with Crippen LogP contribution in [0.4, 0.5) is 0 Å². The number of carboxylic acids is 1. The van der Waals surface area contributed by atoms with Gasteiger partial charge < -0.3 is 14.6 Å². The molecule has 0 saturated heterocycles. The molecule has 0 saturated carbocycles. The molecule has 5 heteroatoms. The fourth-order valence-electron chi connectivity index (χ4n) is 2.12. The van der Waals surface area contributed by atoms with Gasteiger partial charge in [0.05, 0.1) is 12.0 Å². The highest BCUT2D eigenvalue weighted by atomic mass is 16.7. The summed E-state index contributed by atoms with van der Waals surface area (Å²) in [6.07, 6.45) is 4.59. The highest BCUT2D eigenvalue weighted by Gasteiger charge is 2.29. The van der Waals surface area contributed by atoms with Crippen LogP contribution in [0.5, 0.6) is 0 Å². The molecule has 5 nitrogen and oxygen atoms in total. The molecule has 0 amide bonds. The van der Waals surface area contributed by atoms with E-state index in [9.17, 15) is 14.7 Å². The number of hydrogen-bond donors (Lipinski definition) is 1. The molecule has 1 heterocycles. The van der Waals surface area contributed by atoms with Crippen molar-refractivity contribution in [1.29, 1.82) is 0 Å². The molecule has 0 bridgehead atoms. The number of ether oxygens (including phenoxy) is 2. The minimum Gasteiger partial charge on any atom is -0.481 e. The molecule has 0 spiro atoms. The number of cyclic esters (lactones) is 1. The smallest absolute Gasteiger partial charge is 0.337 e. The Morgan fingerprint density at radius 3 is 2.55 bits per heavy atom. The third-order valence-electron chi connectivity index (χ3n) is 3.08. The highest BCUT2D eigenvalue weighted by molar-refractivity contribution is 5.84. The number of benzene rings is 1. The molecular formula is C17H18O5. The van der Waals surface area contributed by atoms with Gasteiger partial charge in [0.1, 0.15) is 5.76 Å². The lowest BCUT2D eigenvalue weighted by atomic mass is 9.99. The van der Waals surface area contributed by atoms with Crippen molar-refractivity contribution in [3.05, 3.63) is 59.9 Å². The molecule has 1 N–H and O–H groups in total. The first kappa shape index (κ1) is 15.8. The average Bonchev–Trinajstić information content (AvgIpc) is 2.42. The van der Waals surface area contributed by atoms with Crippen LogP contribution in [0.25, 0.3) is 0 Å². The van der Waals surface area contributed by atoms with Crippen LogP contribution >= 0.6 is 0 Å². The first-order valence-electron chi connectivity index (χ1n) is 6.94. The van der Waals surface area contributed by atoms with Gasteiger partial charge in [0.15, 0.2) is 0 Å². The minimum absolute atomic E-state index is 0.292. The molecule has 0 fully saturated rings. The van der Waals surface area contributed by atoms with Gasteiger partial charge in [-0.2, -0.15) is 0 Å². The summed E-state index contributed by atoms with van der Waals surface area (Å²) < 4.78 is 10.4. The van der Waals surface area contributed by atoms with Gasteiger partial charge in [-0.05, 0) is 18.1 Å². The Morgan fingerprint density at radius 2 is 1.95 bits per heavy atom.